The van der Waals surface area contributed by atoms with E-state index in [1.807, 2.05) is 37.3 Å². The molecule has 0 bridgehead atoms. The van der Waals surface area contributed by atoms with E-state index in [2.05, 4.69) is 27.6 Å². The van der Waals surface area contributed by atoms with Crippen LogP contribution in [0.4, 0.5) is 11.4 Å². The van der Waals surface area contributed by atoms with Gasteiger partial charge in [-0.3, -0.25) is 9.59 Å². The first-order chi connectivity index (χ1) is 19.9. The van der Waals surface area contributed by atoms with E-state index in [0.29, 0.717) is 53.1 Å². The molecule has 0 saturated carbocycles. The Balaban J connectivity index is 1.12. The summed E-state index contributed by atoms with van der Waals surface area (Å²) in [5, 5.41) is 6.73. The van der Waals surface area contributed by atoms with Gasteiger partial charge in [0.25, 0.3) is 11.8 Å². The number of hydrogen-bond acceptors (Lipinski definition) is 7. The fraction of sp³-hybridized carbons (Fsp3) is 0.281. The van der Waals surface area contributed by atoms with Crippen molar-refractivity contribution in [1.29, 1.82) is 0 Å². The van der Waals surface area contributed by atoms with Crippen LogP contribution in [0.3, 0.4) is 0 Å². The Morgan fingerprint density at radius 2 is 1.59 bits per heavy atom. The topological polar surface area (TPSA) is 102 Å². The van der Waals surface area contributed by atoms with Crippen molar-refractivity contribution in [3.8, 4) is 17.4 Å². The molecular formula is C32H32N4O5. The monoisotopic (exact) mass is 552 g/mol. The summed E-state index contributed by atoms with van der Waals surface area (Å²) in [6, 6.07) is 19.7. The molecule has 1 aromatic heterocycles. The second kappa shape index (κ2) is 11.5. The number of nitrogens with zero attached hydrogens (tertiary/aromatic N) is 2. The lowest BCUT2D eigenvalue weighted by molar-refractivity contribution is 0.101. The molecule has 0 aliphatic carbocycles. The minimum atomic E-state index is -0.288. The van der Waals surface area contributed by atoms with Gasteiger partial charge in [-0.25, -0.2) is 4.98 Å². The summed E-state index contributed by atoms with van der Waals surface area (Å²) in [5.74, 6) is 1.24. The first kappa shape index (κ1) is 26.6. The maximum Gasteiger partial charge on any atom is 0.255 e. The fourth-order valence-corrected chi connectivity index (χ4v) is 5.00. The van der Waals surface area contributed by atoms with E-state index < -0.39 is 0 Å². The third-order valence-electron chi connectivity index (χ3n) is 7.43. The van der Waals surface area contributed by atoms with Gasteiger partial charge in [-0.15, -0.1) is 0 Å². The molecule has 9 nitrogen and oxygen atoms in total. The van der Waals surface area contributed by atoms with Crippen LogP contribution in [0.1, 0.15) is 39.1 Å². The quantitative estimate of drug-likeness (QED) is 0.335. The van der Waals surface area contributed by atoms with Crippen molar-refractivity contribution in [2.75, 3.05) is 44.0 Å². The third-order valence-corrected chi connectivity index (χ3v) is 7.43. The lowest BCUT2D eigenvalue weighted by Gasteiger charge is -2.28. The molecule has 4 aromatic rings. The highest BCUT2D eigenvalue weighted by Crippen LogP contribution is 2.31. The lowest BCUT2D eigenvalue weighted by Crippen LogP contribution is -2.35. The summed E-state index contributed by atoms with van der Waals surface area (Å²) in [4.78, 5) is 33.0. The maximum absolute atomic E-state index is 13.2. The number of hydrogen-bond donors (Lipinski definition) is 2. The fourth-order valence-electron chi connectivity index (χ4n) is 5.00. The number of aromatic nitrogens is 1. The Morgan fingerprint density at radius 1 is 0.854 bits per heavy atom. The van der Waals surface area contributed by atoms with Crippen molar-refractivity contribution >= 4 is 34.1 Å². The highest BCUT2D eigenvalue weighted by atomic mass is 16.6. The predicted molar refractivity (Wildman–Crippen MR) is 157 cm³/mol. The van der Waals surface area contributed by atoms with Gasteiger partial charge in [0.05, 0.1) is 5.52 Å². The van der Waals surface area contributed by atoms with Gasteiger partial charge >= 0.3 is 0 Å². The Labute approximate surface area is 238 Å². The summed E-state index contributed by atoms with van der Waals surface area (Å²) in [6.45, 7) is 4.87. The van der Waals surface area contributed by atoms with Gasteiger partial charge in [0.15, 0.2) is 11.5 Å². The first-order valence-electron chi connectivity index (χ1n) is 13.8. The maximum atomic E-state index is 13.2. The normalized spacial score (nSPS) is 15.4. The summed E-state index contributed by atoms with van der Waals surface area (Å²) in [5.41, 5.74) is 3.76. The Hall–Kier alpha value is -4.63. The molecule has 0 atom stereocenters. The number of amides is 2. The average molecular weight is 553 g/mol. The first-order valence-corrected chi connectivity index (χ1v) is 13.8. The standard InChI is InChI=1S/C32H32N4O5/c1-20-3-7-24(33-31(37)23-5-9-28-29(18-23)40-16-15-39-28)19-27(20)35-32(38)22-4-8-26-21(17-22)6-10-30(34-26)41-25-11-13-36(2)14-12-25/h3-10,17-19,25H,11-16H2,1-2H3,(H,33,37)(H,35,38). The molecule has 6 rings (SSSR count). The van der Waals surface area contributed by atoms with Gasteiger partial charge in [0.2, 0.25) is 5.88 Å². The van der Waals surface area contributed by atoms with Crippen molar-refractivity contribution in [2.24, 2.45) is 0 Å². The Morgan fingerprint density at radius 3 is 2.41 bits per heavy atom. The number of anilines is 2. The molecule has 0 unspecified atom stereocenters. The molecule has 9 heteroatoms. The van der Waals surface area contributed by atoms with Gasteiger partial charge in [-0.2, -0.15) is 0 Å². The number of carbonyl (C=O) groups excluding carboxylic acids is 2. The molecule has 3 aromatic carbocycles. The van der Waals surface area contributed by atoms with Gasteiger partial charge in [0, 0.05) is 47.0 Å². The summed E-state index contributed by atoms with van der Waals surface area (Å²) < 4.78 is 17.2. The number of ether oxygens (including phenoxy) is 3. The number of nitrogens with one attached hydrogen (secondary N) is 2. The largest absolute Gasteiger partial charge is 0.486 e. The van der Waals surface area contributed by atoms with Crippen LogP contribution in [0.5, 0.6) is 17.4 Å². The van der Waals surface area contributed by atoms with Crippen LogP contribution in [-0.4, -0.2) is 61.2 Å². The number of likely N-dealkylation sites (tertiary alicyclic amines) is 1. The molecule has 2 aliphatic rings. The molecule has 41 heavy (non-hydrogen) atoms. The van der Waals surface area contributed by atoms with Crippen LogP contribution < -0.4 is 24.8 Å². The Bertz CT molecular complexity index is 1610. The summed E-state index contributed by atoms with van der Waals surface area (Å²) in [6.07, 6.45) is 2.14. The van der Waals surface area contributed by atoms with Gasteiger partial charge in [-0.1, -0.05) is 6.07 Å². The minimum absolute atomic E-state index is 0.173. The zero-order chi connectivity index (χ0) is 28.3. The van der Waals surface area contributed by atoms with Gasteiger partial charge < -0.3 is 29.7 Å². The van der Waals surface area contributed by atoms with E-state index in [-0.39, 0.29) is 17.9 Å². The summed E-state index contributed by atoms with van der Waals surface area (Å²) >= 11 is 0. The SMILES string of the molecule is Cc1ccc(NC(=O)c2ccc3c(c2)OCCO3)cc1NC(=O)c1ccc2nc(OC3CCN(C)CC3)ccc2c1. The van der Waals surface area contributed by atoms with E-state index in [0.717, 1.165) is 42.4 Å². The molecule has 0 spiro atoms. The molecule has 2 N–H and O–H groups in total. The number of aryl methyl sites for hydroxylation is 1. The zero-order valence-electron chi connectivity index (χ0n) is 23.1. The van der Waals surface area contributed by atoms with Crippen LogP contribution >= 0.6 is 0 Å². The van der Waals surface area contributed by atoms with Crippen molar-refractivity contribution in [3.05, 3.63) is 83.4 Å². The smallest absolute Gasteiger partial charge is 0.255 e. The van der Waals surface area contributed by atoms with Crippen molar-refractivity contribution in [1.82, 2.24) is 9.88 Å². The molecule has 210 valence electrons. The van der Waals surface area contributed by atoms with E-state index >= 15 is 0 Å². The van der Waals surface area contributed by atoms with Crippen LogP contribution in [0.2, 0.25) is 0 Å². The second-order valence-electron chi connectivity index (χ2n) is 10.5. The summed E-state index contributed by atoms with van der Waals surface area (Å²) in [7, 11) is 2.12. The molecule has 1 fully saturated rings. The van der Waals surface area contributed by atoms with Crippen molar-refractivity contribution in [2.45, 2.75) is 25.9 Å². The number of piperidine rings is 1. The highest BCUT2D eigenvalue weighted by molar-refractivity contribution is 6.08. The van der Waals surface area contributed by atoms with Crippen LogP contribution in [0, 0.1) is 6.92 Å². The number of pyridine rings is 1. The van der Waals surface area contributed by atoms with Crippen molar-refractivity contribution in [3.63, 3.8) is 0 Å². The highest BCUT2D eigenvalue weighted by Gasteiger charge is 2.19. The molecule has 3 heterocycles. The third kappa shape index (κ3) is 6.10. The zero-order valence-corrected chi connectivity index (χ0v) is 23.1. The van der Waals surface area contributed by atoms with E-state index in [9.17, 15) is 9.59 Å². The average Bonchev–Trinajstić information content (AvgIpc) is 2.99. The van der Waals surface area contributed by atoms with Gasteiger partial charge in [0.1, 0.15) is 19.3 Å². The van der Waals surface area contributed by atoms with Crippen LogP contribution in [-0.2, 0) is 0 Å². The number of carbonyl (C=O) groups is 2. The number of benzene rings is 3. The molecule has 0 radical (unpaired) electrons. The number of rotatable bonds is 6. The molecule has 1 saturated heterocycles. The molecular weight excluding hydrogens is 520 g/mol. The van der Waals surface area contributed by atoms with Crippen molar-refractivity contribution < 1.29 is 23.8 Å². The predicted octanol–water partition coefficient (Wildman–Crippen LogP) is 5.29. The minimum Gasteiger partial charge on any atom is -0.486 e. The molecule has 2 amide bonds. The van der Waals surface area contributed by atoms with E-state index in [1.165, 1.54) is 0 Å². The lowest BCUT2D eigenvalue weighted by atomic mass is 10.1. The second-order valence-corrected chi connectivity index (χ2v) is 10.5. The van der Waals surface area contributed by atoms with E-state index in [1.54, 1.807) is 36.4 Å². The van der Waals surface area contributed by atoms with Gasteiger partial charge in [-0.05, 0) is 87.0 Å². The number of fused-ring (bicyclic) bond motifs is 2. The van der Waals surface area contributed by atoms with Crippen LogP contribution in [0.15, 0.2) is 66.7 Å². The molecule has 2 aliphatic heterocycles. The van der Waals surface area contributed by atoms with Crippen LogP contribution in [0.25, 0.3) is 10.9 Å². The van der Waals surface area contributed by atoms with E-state index in [4.69, 9.17) is 14.2 Å². The Kier molecular flexibility index (Phi) is 7.43.